The smallest absolute Gasteiger partial charge is 0.306 e. The van der Waals surface area contributed by atoms with Gasteiger partial charge in [-0.2, -0.15) is 0 Å². The van der Waals surface area contributed by atoms with Gasteiger partial charge >= 0.3 is 5.97 Å². The van der Waals surface area contributed by atoms with Crippen molar-refractivity contribution in [2.24, 2.45) is 17.8 Å². The largest absolute Gasteiger partial charge is 0.481 e. The van der Waals surface area contributed by atoms with E-state index in [0.717, 1.165) is 38.7 Å². The van der Waals surface area contributed by atoms with Gasteiger partial charge in [-0.15, -0.1) is 0 Å². The SMILES string of the molecule is O=C(O)C1CCCCCC1C1CCOC2(CCC2)C1. The van der Waals surface area contributed by atoms with E-state index >= 15 is 0 Å². The van der Waals surface area contributed by atoms with Crippen LogP contribution >= 0.6 is 0 Å². The molecule has 108 valence electrons. The van der Waals surface area contributed by atoms with Gasteiger partial charge in [-0.25, -0.2) is 0 Å². The topological polar surface area (TPSA) is 46.5 Å². The molecule has 1 N–H and O–H groups in total. The predicted octanol–water partition coefficient (Wildman–Crippen LogP) is 3.62. The van der Waals surface area contributed by atoms with Crippen molar-refractivity contribution < 1.29 is 14.6 Å². The lowest BCUT2D eigenvalue weighted by molar-refractivity contribution is -0.160. The van der Waals surface area contributed by atoms with Crippen LogP contribution in [0.2, 0.25) is 0 Å². The van der Waals surface area contributed by atoms with Crippen LogP contribution in [0, 0.1) is 17.8 Å². The Bertz CT molecular complexity index is 335. The molecule has 3 nitrogen and oxygen atoms in total. The van der Waals surface area contributed by atoms with E-state index in [2.05, 4.69) is 0 Å². The fourth-order valence-corrected chi connectivity index (χ4v) is 4.56. The lowest BCUT2D eigenvalue weighted by Crippen LogP contribution is -2.48. The first-order chi connectivity index (χ1) is 9.20. The maximum Gasteiger partial charge on any atom is 0.306 e. The van der Waals surface area contributed by atoms with Crippen molar-refractivity contribution in [3.8, 4) is 0 Å². The van der Waals surface area contributed by atoms with Gasteiger partial charge in [0, 0.05) is 6.61 Å². The van der Waals surface area contributed by atoms with Gasteiger partial charge in [0.25, 0.3) is 0 Å². The number of hydrogen-bond acceptors (Lipinski definition) is 2. The minimum absolute atomic E-state index is 0.0947. The predicted molar refractivity (Wildman–Crippen MR) is 73.0 cm³/mol. The third-order valence-corrected chi connectivity index (χ3v) is 5.79. The van der Waals surface area contributed by atoms with Crippen LogP contribution in [0.4, 0.5) is 0 Å². The van der Waals surface area contributed by atoms with Gasteiger partial charge in [0.1, 0.15) is 0 Å². The Labute approximate surface area is 115 Å². The molecule has 1 heterocycles. The summed E-state index contributed by atoms with van der Waals surface area (Å²) in [5, 5.41) is 9.53. The number of carboxylic acids is 1. The van der Waals surface area contributed by atoms with E-state index in [1.807, 2.05) is 0 Å². The standard InChI is InChI=1S/C16H26O3/c17-15(18)14-6-3-1-2-5-13(14)12-7-10-19-16(11-12)8-4-9-16/h12-14H,1-11H2,(H,17,18). The van der Waals surface area contributed by atoms with E-state index in [4.69, 9.17) is 4.74 Å². The molecule has 0 aromatic rings. The molecular weight excluding hydrogens is 240 g/mol. The molecule has 1 saturated heterocycles. The van der Waals surface area contributed by atoms with Gasteiger partial charge < -0.3 is 9.84 Å². The summed E-state index contributed by atoms with van der Waals surface area (Å²) in [5.74, 6) is 0.346. The lowest BCUT2D eigenvalue weighted by Gasteiger charge is -2.49. The summed E-state index contributed by atoms with van der Waals surface area (Å²) in [7, 11) is 0. The molecule has 3 unspecified atom stereocenters. The zero-order valence-electron chi connectivity index (χ0n) is 11.8. The molecular formula is C16H26O3. The van der Waals surface area contributed by atoms with Crippen LogP contribution in [-0.2, 0) is 9.53 Å². The van der Waals surface area contributed by atoms with E-state index in [9.17, 15) is 9.90 Å². The van der Waals surface area contributed by atoms with Crippen LogP contribution in [0.5, 0.6) is 0 Å². The van der Waals surface area contributed by atoms with E-state index in [1.165, 1.54) is 32.1 Å². The van der Waals surface area contributed by atoms with Gasteiger partial charge in [-0.1, -0.05) is 19.3 Å². The molecule has 0 radical (unpaired) electrons. The van der Waals surface area contributed by atoms with Crippen LogP contribution in [-0.4, -0.2) is 23.3 Å². The highest BCUT2D eigenvalue weighted by Crippen LogP contribution is 2.48. The Kier molecular flexibility index (Phi) is 3.84. The molecule has 3 atom stereocenters. The minimum Gasteiger partial charge on any atom is -0.481 e. The van der Waals surface area contributed by atoms with Crippen molar-refractivity contribution in [3.63, 3.8) is 0 Å². The molecule has 3 fully saturated rings. The number of carbonyl (C=O) groups is 1. The summed E-state index contributed by atoms with van der Waals surface area (Å²) in [6.45, 7) is 0.855. The second kappa shape index (κ2) is 5.43. The zero-order valence-corrected chi connectivity index (χ0v) is 11.8. The van der Waals surface area contributed by atoms with Crippen molar-refractivity contribution in [1.29, 1.82) is 0 Å². The quantitative estimate of drug-likeness (QED) is 0.776. The fraction of sp³-hybridized carbons (Fsp3) is 0.938. The van der Waals surface area contributed by atoms with Crippen molar-refractivity contribution in [2.45, 2.75) is 69.8 Å². The summed E-state index contributed by atoms with van der Waals surface area (Å²) in [5.41, 5.74) is 0.151. The van der Waals surface area contributed by atoms with Crippen molar-refractivity contribution in [2.75, 3.05) is 6.61 Å². The van der Waals surface area contributed by atoms with E-state index in [-0.39, 0.29) is 11.5 Å². The second-order valence-electron chi connectivity index (χ2n) is 6.88. The molecule has 3 heteroatoms. The Hall–Kier alpha value is -0.570. The Morgan fingerprint density at radius 1 is 1.05 bits per heavy atom. The number of carboxylic acid groups (broad SMARTS) is 1. The van der Waals surface area contributed by atoms with Crippen LogP contribution in [0.1, 0.15) is 64.2 Å². The molecule has 0 bridgehead atoms. The third kappa shape index (κ3) is 2.67. The highest BCUT2D eigenvalue weighted by molar-refractivity contribution is 5.70. The van der Waals surface area contributed by atoms with Crippen LogP contribution in [0.25, 0.3) is 0 Å². The van der Waals surface area contributed by atoms with Gasteiger partial charge in [0.15, 0.2) is 0 Å². The van der Waals surface area contributed by atoms with Gasteiger partial charge in [0.2, 0.25) is 0 Å². The summed E-state index contributed by atoms with van der Waals surface area (Å²) < 4.78 is 6.00. The molecule has 3 rings (SSSR count). The van der Waals surface area contributed by atoms with Crippen LogP contribution < -0.4 is 0 Å². The Balaban J connectivity index is 1.72. The van der Waals surface area contributed by atoms with Crippen LogP contribution in [0.3, 0.4) is 0 Å². The Morgan fingerprint density at radius 3 is 2.53 bits per heavy atom. The Morgan fingerprint density at radius 2 is 1.84 bits per heavy atom. The summed E-state index contributed by atoms with van der Waals surface area (Å²) in [6.07, 6.45) is 11.5. The highest BCUT2D eigenvalue weighted by atomic mass is 16.5. The van der Waals surface area contributed by atoms with Gasteiger partial charge in [-0.05, 0) is 56.8 Å². The average Bonchev–Trinajstić information content (AvgIpc) is 2.62. The number of rotatable bonds is 2. The van der Waals surface area contributed by atoms with Crippen LogP contribution in [0.15, 0.2) is 0 Å². The molecule has 0 aromatic carbocycles. The van der Waals surface area contributed by atoms with E-state index < -0.39 is 5.97 Å². The summed E-state index contributed by atoms with van der Waals surface area (Å²) >= 11 is 0. The number of ether oxygens (including phenoxy) is 1. The lowest BCUT2D eigenvalue weighted by atomic mass is 9.66. The first kappa shape index (κ1) is 13.4. The van der Waals surface area contributed by atoms with Gasteiger partial charge in [0.05, 0.1) is 11.5 Å². The number of aliphatic carboxylic acids is 1. The van der Waals surface area contributed by atoms with Crippen molar-refractivity contribution >= 4 is 5.97 Å². The van der Waals surface area contributed by atoms with E-state index in [0.29, 0.717) is 11.8 Å². The normalized spacial score (nSPS) is 38.4. The minimum atomic E-state index is -0.555. The summed E-state index contributed by atoms with van der Waals surface area (Å²) in [4.78, 5) is 11.6. The molecule has 0 aromatic heterocycles. The van der Waals surface area contributed by atoms with Crippen molar-refractivity contribution in [1.82, 2.24) is 0 Å². The molecule has 19 heavy (non-hydrogen) atoms. The average molecular weight is 266 g/mol. The van der Waals surface area contributed by atoms with E-state index in [1.54, 1.807) is 0 Å². The third-order valence-electron chi connectivity index (χ3n) is 5.79. The maximum absolute atomic E-state index is 11.6. The monoisotopic (exact) mass is 266 g/mol. The molecule has 3 aliphatic rings. The van der Waals surface area contributed by atoms with Crippen molar-refractivity contribution in [3.05, 3.63) is 0 Å². The zero-order chi connectivity index (χ0) is 13.3. The fourth-order valence-electron chi connectivity index (χ4n) is 4.56. The first-order valence-corrected chi connectivity index (χ1v) is 8.07. The molecule has 1 spiro atoms. The first-order valence-electron chi connectivity index (χ1n) is 8.07. The second-order valence-corrected chi connectivity index (χ2v) is 6.88. The summed E-state index contributed by atoms with van der Waals surface area (Å²) in [6, 6.07) is 0. The molecule has 2 aliphatic carbocycles. The molecule has 2 saturated carbocycles. The van der Waals surface area contributed by atoms with Gasteiger partial charge in [-0.3, -0.25) is 4.79 Å². The molecule has 1 aliphatic heterocycles. The number of hydrogen-bond donors (Lipinski definition) is 1. The highest BCUT2D eigenvalue weighted by Gasteiger charge is 2.46. The molecule has 0 amide bonds. The maximum atomic E-state index is 11.6.